The average Bonchev–Trinajstić information content (AvgIpc) is 2.47. The molecule has 1 rings (SSSR count). The third kappa shape index (κ3) is 2.08. The molecule has 0 fully saturated rings. The van der Waals surface area contributed by atoms with E-state index in [0.29, 0.717) is 11.3 Å². The van der Waals surface area contributed by atoms with E-state index in [1.165, 1.54) is 6.26 Å². The van der Waals surface area contributed by atoms with Crippen LogP contribution >= 0.6 is 0 Å². The molecule has 0 atom stereocenters. The summed E-state index contributed by atoms with van der Waals surface area (Å²) in [5, 5.41) is 2.39. The van der Waals surface area contributed by atoms with Crippen LogP contribution in [0.25, 0.3) is 0 Å². The molecule has 0 spiro atoms. The number of hydrogen-bond donors (Lipinski definition) is 1. The van der Waals surface area contributed by atoms with Crippen LogP contribution in [0.2, 0.25) is 0 Å². The second-order valence-corrected chi connectivity index (χ2v) is 2.39. The molecule has 0 aliphatic heterocycles. The molecule has 0 aromatic carbocycles. The standard InChI is InChI=1S/C8H10FNO2/c1-6-4-7(5-12-6)8(11)10-3-2-9/h4-5H,2-3H2,1H3,(H,10,11). The highest BCUT2D eigenvalue weighted by atomic mass is 19.1. The van der Waals surface area contributed by atoms with E-state index in [1.54, 1.807) is 13.0 Å². The van der Waals surface area contributed by atoms with Crippen molar-refractivity contribution >= 4 is 5.91 Å². The van der Waals surface area contributed by atoms with Crippen LogP contribution in [0.15, 0.2) is 16.7 Å². The van der Waals surface area contributed by atoms with E-state index in [4.69, 9.17) is 4.42 Å². The molecule has 3 nitrogen and oxygen atoms in total. The fraction of sp³-hybridized carbons (Fsp3) is 0.375. The van der Waals surface area contributed by atoms with Crippen molar-refractivity contribution in [3.8, 4) is 0 Å². The number of amides is 1. The van der Waals surface area contributed by atoms with Crippen LogP contribution in [0.5, 0.6) is 0 Å². The van der Waals surface area contributed by atoms with Gasteiger partial charge in [-0.05, 0) is 13.0 Å². The van der Waals surface area contributed by atoms with Gasteiger partial charge in [0.2, 0.25) is 0 Å². The number of halogens is 1. The maximum absolute atomic E-state index is 11.6. The summed E-state index contributed by atoms with van der Waals surface area (Å²) in [4.78, 5) is 11.1. The first-order chi connectivity index (χ1) is 5.74. The summed E-state index contributed by atoms with van der Waals surface area (Å²) in [6.07, 6.45) is 1.35. The van der Waals surface area contributed by atoms with Gasteiger partial charge in [-0.1, -0.05) is 0 Å². The lowest BCUT2D eigenvalue weighted by atomic mass is 10.3. The number of carbonyl (C=O) groups excluding carboxylic acids is 1. The lowest BCUT2D eigenvalue weighted by Gasteiger charge is -1.97. The molecule has 0 aliphatic rings. The number of aryl methyl sites for hydroxylation is 1. The van der Waals surface area contributed by atoms with Crippen LogP contribution in [0.3, 0.4) is 0 Å². The Hall–Kier alpha value is -1.32. The fourth-order valence-corrected chi connectivity index (χ4v) is 0.825. The first kappa shape index (κ1) is 8.77. The summed E-state index contributed by atoms with van der Waals surface area (Å²) >= 11 is 0. The normalized spacial score (nSPS) is 9.83. The van der Waals surface area contributed by atoms with Crippen molar-refractivity contribution in [2.75, 3.05) is 13.2 Å². The van der Waals surface area contributed by atoms with Gasteiger partial charge in [-0.2, -0.15) is 0 Å². The molecule has 0 aliphatic carbocycles. The maximum Gasteiger partial charge on any atom is 0.254 e. The molecule has 1 aromatic heterocycles. The SMILES string of the molecule is Cc1cc(C(=O)NCCF)co1. The van der Waals surface area contributed by atoms with Crippen molar-refractivity contribution in [2.24, 2.45) is 0 Å². The summed E-state index contributed by atoms with van der Waals surface area (Å²) in [5.74, 6) is 0.366. The van der Waals surface area contributed by atoms with E-state index in [9.17, 15) is 9.18 Å². The molecular formula is C8H10FNO2. The van der Waals surface area contributed by atoms with Crippen LogP contribution in [0.4, 0.5) is 4.39 Å². The molecular weight excluding hydrogens is 161 g/mol. The minimum atomic E-state index is -0.553. The van der Waals surface area contributed by atoms with Crippen molar-refractivity contribution in [3.05, 3.63) is 23.7 Å². The summed E-state index contributed by atoms with van der Waals surface area (Å²) < 4.78 is 16.5. The van der Waals surface area contributed by atoms with Gasteiger partial charge >= 0.3 is 0 Å². The lowest BCUT2D eigenvalue weighted by molar-refractivity contribution is 0.0950. The van der Waals surface area contributed by atoms with Gasteiger partial charge in [0.15, 0.2) is 0 Å². The van der Waals surface area contributed by atoms with Gasteiger partial charge in [0, 0.05) is 6.54 Å². The van der Waals surface area contributed by atoms with Crippen molar-refractivity contribution in [2.45, 2.75) is 6.92 Å². The molecule has 0 saturated carbocycles. The fourth-order valence-electron chi connectivity index (χ4n) is 0.825. The number of nitrogens with one attached hydrogen (secondary N) is 1. The Bertz CT molecular complexity index is 270. The molecule has 4 heteroatoms. The Morgan fingerprint density at radius 3 is 3.00 bits per heavy atom. The monoisotopic (exact) mass is 171 g/mol. The van der Waals surface area contributed by atoms with Crippen LogP contribution in [-0.4, -0.2) is 19.1 Å². The highest BCUT2D eigenvalue weighted by Crippen LogP contribution is 2.05. The largest absolute Gasteiger partial charge is 0.469 e. The summed E-state index contributed by atoms with van der Waals surface area (Å²) in [5.41, 5.74) is 0.431. The van der Waals surface area contributed by atoms with E-state index < -0.39 is 6.67 Å². The highest BCUT2D eigenvalue weighted by molar-refractivity contribution is 5.93. The Kier molecular flexibility index (Phi) is 2.85. The minimum absolute atomic E-state index is 0.0447. The van der Waals surface area contributed by atoms with Crippen LogP contribution in [0, 0.1) is 6.92 Å². The topological polar surface area (TPSA) is 42.2 Å². The molecule has 1 heterocycles. The number of hydrogen-bond acceptors (Lipinski definition) is 2. The van der Waals surface area contributed by atoms with Crippen molar-refractivity contribution in [3.63, 3.8) is 0 Å². The van der Waals surface area contributed by atoms with Crippen LogP contribution in [-0.2, 0) is 0 Å². The number of furan rings is 1. The second-order valence-electron chi connectivity index (χ2n) is 2.39. The van der Waals surface area contributed by atoms with Crippen LogP contribution in [0.1, 0.15) is 16.1 Å². The molecule has 0 saturated heterocycles. The van der Waals surface area contributed by atoms with E-state index in [-0.39, 0.29) is 12.5 Å². The van der Waals surface area contributed by atoms with E-state index >= 15 is 0 Å². The van der Waals surface area contributed by atoms with Gasteiger partial charge in [-0.3, -0.25) is 4.79 Å². The van der Waals surface area contributed by atoms with Gasteiger partial charge in [0.05, 0.1) is 5.56 Å². The first-order valence-electron chi connectivity index (χ1n) is 3.63. The third-order valence-electron chi connectivity index (χ3n) is 1.37. The Balaban J connectivity index is 2.53. The van der Waals surface area contributed by atoms with Crippen LogP contribution < -0.4 is 5.32 Å². The first-order valence-corrected chi connectivity index (χ1v) is 3.63. The summed E-state index contributed by atoms with van der Waals surface area (Å²) in [7, 11) is 0. The van der Waals surface area contributed by atoms with E-state index in [1.807, 2.05) is 0 Å². The zero-order valence-corrected chi connectivity index (χ0v) is 6.76. The molecule has 0 unspecified atom stereocenters. The zero-order valence-electron chi connectivity index (χ0n) is 6.76. The molecule has 0 radical (unpaired) electrons. The van der Waals surface area contributed by atoms with E-state index in [0.717, 1.165) is 0 Å². The predicted octanol–water partition coefficient (Wildman–Crippen LogP) is 1.29. The summed E-state index contributed by atoms with van der Waals surface area (Å²) in [6.45, 7) is 1.23. The van der Waals surface area contributed by atoms with Crippen molar-refractivity contribution < 1.29 is 13.6 Å². The average molecular weight is 171 g/mol. The van der Waals surface area contributed by atoms with Gasteiger partial charge in [-0.25, -0.2) is 4.39 Å². The highest BCUT2D eigenvalue weighted by Gasteiger charge is 2.06. The van der Waals surface area contributed by atoms with Gasteiger partial charge in [0.25, 0.3) is 5.91 Å². The second kappa shape index (κ2) is 3.90. The molecule has 66 valence electrons. The molecule has 1 N–H and O–H groups in total. The third-order valence-corrected chi connectivity index (χ3v) is 1.37. The predicted molar refractivity (Wildman–Crippen MR) is 41.8 cm³/mol. The molecule has 12 heavy (non-hydrogen) atoms. The Labute approximate surface area is 69.6 Å². The van der Waals surface area contributed by atoms with Crippen molar-refractivity contribution in [1.82, 2.24) is 5.32 Å². The van der Waals surface area contributed by atoms with Gasteiger partial charge < -0.3 is 9.73 Å². The Morgan fingerprint density at radius 1 is 1.75 bits per heavy atom. The van der Waals surface area contributed by atoms with E-state index in [2.05, 4.69) is 5.32 Å². The minimum Gasteiger partial charge on any atom is -0.469 e. The Morgan fingerprint density at radius 2 is 2.50 bits per heavy atom. The smallest absolute Gasteiger partial charge is 0.254 e. The quantitative estimate of drug-likeness (QED) is 0.744. The number of rotatable bonds is 3. The maximum atomic E-state index is 11.6. The van der Waals surface area contributed by atoms with Crippen molar-refractivity contribution in [1.29, 1.82) is 0 Å². The summed E-state index contributed by atoms with van der Waals surface area (Å²) in [6, 6.07) is 1.60. The number of carbonyl (C=O) groups is 1. The molecule has 1 amide bonds. The zero-order chi connectivity index (χ0) is 8.97. The van der Waals surface area contributed by atoms with Gasteiger partial charge in [-0.15, -0.1) is 0 Å². The molecule has 1 aromatic rings. The molecule has 0 bridgehead atoms. The lowest BCUT2D eigenvalue weighted by Crippen LogP contribution is -2.24. The number of alkyl halides is 1. The van der Waals surface area contributed by atoms with Gasteiger partial charge in [0.1, 0.15) is 18.7 Å².